The van der Waals surface area contributed by atoms with Crippen molar-refractivity contribution >= 4 is 35.2 Å². The van der Waals surface area contributed by atoms with Crippen LogP contribution in [0.2, 0.25) is 5.02 Å². The number of hydrogen-bond acceptors (Lipinski definition) is 5. The normalized spacial score (nSPS) is 14.5. The van der Waals surface area contributed by atoms with Crippen molar-refractivity contribution < 1.29 is 23.5 Å². The standard InChI is InChI=1S/C22H24ClFN4O4/c1-32-21(30)17-4-2-3-5-19(17)25-22(31)27-26-20(29)14-8-10-28(11-9-14)13-15-6-7-16(24)12-18(15)23/h2-7,12,14H,8-11,13H2,1H3,(H,26,29)(H2,25,27,31). The highest BCUT2D eigenvalue weighted by Gasteiger charge is 2.25. The first kappa shape index (κ1) is 23.5. The summed E-state index contributed by atoms with van der Waals surface area (Å²) >= 11 is 6.09. The molecular formula is C22H24ClFN4O4. The van der Waals surface area contributed by atoms with Crippen LogP contribution < -0.4 is 16.2 Å². The fraction of sp³-hybridized carbons (Fsp3) is 0.318. The molecule has 0 spiro atoms. The molecule has 170 valence electrons. The lowest BCUT2D eigenvalue weighted by Gasteiger charge is -2.31. The smallest absolute Gasteiger partial charge is 0.339 e. The van der Waals surface area contributed by atoms with E-state index < -0.39 is 12.0 Å². The van der Waals surface area contributed by atoms with Gasteiger partial charge in [0.2, 0.25) is 5.91 Å². The highest BCUT2D eigenvalue weighted by atomic mass is 35.5. The van der Waals surface area contributed by atoms with E-state index in [1.807, 2.05) is 0 Å². The van der Waals surface area contributed by atoms with Crippen molar-refractivity contribution in [3.63, 3.8) is 0 Å². The molecule has 0 radical (unpaired) electrons. The molecule has 8 nitrogen and oxygen atoms in total. The van der Waals surface area contributed by atoms with Crippen LogP contribution >= 0.6 is 11.6 Å². The van der Waals surface area contributed by atoms with Gasteiger partial charge in [0.05, 0.1) is 18.4 Å². The molecule has 1 fully saturated rings. The van der Waals surface area contributed by atoms with Crippen LogP contribution in [-0.4, -0.2) is 43.0 Å². The number of carbonyl (C=O) groups is 3. The first-order chi connectivity index (χ1) is 15.4. The molecule has 32 heavy (non-hydrogen) atoms. The summed E-state index contributed by atoms with van der Waals surface area (Å²) in [5.41, 5.74) is 6.02. The average molecular weight is 463 g/mol. The maximum atomic E-state index is 13.2. The third-order valence-electron chi connectivity index (χ3n) is 5.25. The maximum absolute atomic E-state index is 13.2. The Bertz CT molecular complexity index is 996. The van der Waals surface area contributed by atoms with E-state index in [1.54, 1.807) is 24.3 Å². The Morgan fingerprint density at radius 3 is 2.53 bits per heavy atom. The van der Waals surface area contributed by atoms with Gasteiger partial charge in [-0.15, -0.1) is 0 Å². The quantitative estimate of drug-likeness (QED) is 0.467. The number of esters is 1. The third-order valence-corrected chi connectivity index (χ3v) is 5.60. The van der Waals surface area contributed by atoms with Crippen LogP contribution in [0.4, 0.5) is 14.9 Å². The zero-order chi connectivity index (χ0) is 23.1. The van der Waals surface area contributed by atoms with E-state index in [4.69, 9.17) is 11.6 Å². The average Bonchev–Trinajstić information content (AvgIpc) is 2.79. The van der Waals surface area contributed by atoms with Crippen LogP contribution in [0.25, 0.3) is 0 Å². The van der Waals surface area contributed by atoms with E-state index in [9.17, 15) is 18.8 Å². The summed E-state index contributed by atoms with van der Waals surface area (Å²) in [6.45, 7) is 1.92. The zero-order valence-corrected chi connectivity index (χ0v) is 18.2. The molecule has 0 atom stereocenters. The molecule has 10 heteroatoms. The van der Waals surface area contributed by atoms with Crippen LogP contribution in [0.3, 0.4) is 0 Å². The Kier molecular flexibility index (Phi) is 8.02. The molecule has 0 bridgehead atoms. The number of ether oxygens (including phenoxy) is 1. The van der Waals surface area contributed by atoms with Gasteiger partial charge in [-0.25, -0.2) is 19.4 Å². The molecule has 2 aromatic carbocycles. The summed E-state index contributed by atoms with van der Waals surface area (Å²) in [7, 11) is 1.25. The minimum absolute atomic E-state index is 0.199. The number of nitrogens with one attached hydrogen (secondary N) is 3. The molecule has 2 aromatic rings. The second-order valence-corrected chi connectivity index (χ2v) is 7.80. The topological polar surface area (TPSA) is 99.8 Å². The number of likely N-dealkylation sites (tertiary alicyclic amines) is 1. The molecule has 3 rings (SSSR count). The van der Waals surface area contributed by atoms with Gasteiger partial charge in [0.15, 0.2) is 0 Å². The summed E-state index contributed by atoms with van der Waals surface area (Å²) in [6, 6.07) is 10.0. The molecule has 1 saturated heterocycles. The van der Waals surface area contributed by atoms with Crippen molar-refractivity contribution in [1.82, 2.24) is 15.8 Å². The Morgan fingerprint density at radius 2 is 1.84 bits per heavy atom. The number of hydrazine groups is 1. The highest BCUT2D eigenvalue weighted by Crippen LogP contribution is 2.23. The lowest BCUT2D eigenvalue weighted by atomic mass is 9.96. The van der Waals surface area contributed by atoms with Gasteiger partial charge in [0.1, 0.15) is 5.82 Å². The van der Waals surface area contributed by atoms with Crippen LogP contribution in [0.5, 0.6) is 0 Å². The van der Waals surface area contributed by atoms with Gasteiger partial charge in [-0.05, 0) is 55.8 Å². The molecule has 0 aliphatic carbocycles. The third kappa shape index (κ3) is 6.18. The Labute approximate surface area is 190 Å². The van der Waals surface area contributed by atoms with Gasteiger partial charge in [-0.2, -0.15) is 0 Å². The number of halogens is 2. The number of para-hydroxylation sites is 1. The lowest BCUT2D eigenvalue weighted by Crippen LogP contribution is -2.48. The number of carbonyl (C=O) groups excluding carboxylic acids is 3. The Hall–Kier alpha value is -3.17. The number of nitrogens with zero attached hydrogens (tertiary/aromatic N) is 1. The van der Waals surface area contributed by atoms with E-state index in [1.165, 1.54) is 25.3 Å². The van der Waals surface area contributed by atoms with Crippen LogP contribution in [0.1, 0.15) is 28.8 Å². The number of hydrogen-bond donors (Lipinski definition) is 3. The fourth-order valence-electron chi connectivity index (χ4n) is 3.50. The van der Waals surface area contributed by atoms with Gasteiger partial charge >= 0.3 is 12.0 Å². The minimum atomic E-state index is -0.682. The number of piperidine rings is 1. The molecule has 1 aliphatic rings. The molecule has 0 unspecified atom stereocenters. The molecular weight excluding hydrogens is 439 g/mol. The molecule has 1 aliphatic heterocycles. The SMILES string of the molecule is COC(=O)c1ccccc1NC(=O)NNC(=O)C1CCN(Cc2ccc(F)cc2Cl)CC1. The maximum Gasteiger partial charge on any atom is 0.339 e. The predicted molar refractivity (Wildman–Crippen MR) is 117 cm³/mol. The summed E-state index contributed by atoms with van der Waals surface area (Å²) in [6.07, 6.45) is 1.22. The van der Waals surface area contributed by atoms with Gasteiger partial charge in [-0.3, -0.25) is 15.1 Å². The zero-order valence-electron chi connectivity index (χ0n) is 17.5. The summed E-state index contributed by atoms with van der Waals surface area (Å²) < 4.78 is 17.9. The minimum Gasteiger partial charge on any atom is -0.465 e. The number of methoxy groups -OCH3 is 1. The number of amides is 3. The number of rotatable bonds is 5. The van der Waals surface area contributed by atoms with E-state index >= 15 is 0 Å². The summed E-state index contributed by atoms with van der Waals surface area (Å²) in [5, 5.41) is 2.90. The van der Waals surface area contributed by atoms with Crippen molar-refractivity contribution in [2.45, 2.75) is 19.4 Å². The first-order valence-electron chi connectivity index (χ1n) is 10.1. The van der Waals surface area contributed by atoms with Crippen molar-refractivity contribution in [1.29, 1.82) is 0 Å². The van der Waals surface area contributed by atoms with Crippen LogP contribution in [0, 0.1) is 11.7 Å². The monoisotopic (exact) mass is 462 g/mol. The van der Waals surface area contributed by atoms with Crippen molar-refractivity contribution in [3.05, 3.63) is 64.4 Å². The van der Waals surface area contributed by atoms with Crippen molar-refractivity contribution in [2.24, 2.45) is 5.92 Å². The second kappa shape index (κ2) is 10.9. The Balaban J connectivity index is 1.44. The van der Waals surface area contributed by atoms with Gasteiger partial charge in [0, 0.05) is 17.5 Å². The van der Waals surface area contributed by atoms with Crippen LogP contribution in [0.15, 0.2) is 42.5 Å². The lowest BCUT2D eigenvalue weighted by molar-refractivity contribution is -0.127. The van der Waals surface area contributed by atoms with Crippen molar-refractivity contribution in [2.75, 3.05) is 25.5 Å². The fourth-order valence-corrected chi connectivity index (χ4v) is 3.73. The largest absolute Gasteiger partial charge is 0.465 e. The number of anilines is 1. The molecule has 1 heterocycles. The predicted octanol–water partition coefficient (Wildman–Crippen LogP) is 3.33. The van der Waals surface area contributed by atoms with E-state index in [-0.39, 0.29) is 28.9 Å². The Morgan fingerprint density at radius 1 is 1.12 bits per heavy atom. The van der Waals surface area contributed by atoms with Crippen molar-refractivity contribution in [3.8, 4) is 0 Å². The number of benzene rings is 2. The second-order valence-electron chi connectivity index (χ2n) is 7.39. The van der Waals surface area contributed by atoms with Gasteiger partial charge in [0.25, 0.3) is 0 Å². The van der Waals surface area contributed by atoms with E-state index in [2.05, 4.69) is 25.8 Å². The molecule has 0 aromatic heterocycles. The summed E-state index contributed by atoms with van der Waals surface area (Å²) in [5.74, 6) is -1.50. The highest BCUT2D eigenvalue weighted by molar-refractivity contribution is 6.31. The van der Waals surface area contributed by atoms with Crippen LogP contribution in [-0.2, 0) is 16.1 Å². The number of urea groups is 1. The first-order valence-corrected chi connectivity index (χ1v) is 10.5. The molecule has 3 N–H and O–H groups in total. The summed E-state index contributed by atoms with van der Waals surface area (Å²) in [4.78, 5) is 38.5. The molecule has 0 saturated carbocycles. The molecule has 3 amide bonds. The van der Waals surface area contributed by atoms with Gasteiger partial charge < -0.3 is 10.1 Å². The van der Waals surface area contributed by atoms with E-state index in [0.29, 0.717) is 37.5 Å². The van der Waals surface area contributed by atoms with Gasteiger partial charge in [-0.1, -0.05) is 29.8 Å². The van der Waals surface area contributed by atoms with E-state index in [0.717, 1.165) is 5.56 Å².